The molecule has 25 heavy (non-hydrogen) atoms. The molecular weight excluding hydrogens is 308 g/mol. The van der Waals surface area contributed by atoms with Gasteiger partial charge in [-0.15, -0.1) is 0 Å². The van der Waals surface area contributed by atoms with Crippen molar-refractivity contribution in [3.63, 3.8) is 0 Å². The highest BCUT2D eigenvalue weighted by molar-refractivity contribution is 5.95. The maximum Gasteiger partial charge on any atom is 0.230 e. The third-order valence-corrected chi connectivity index (χ3v) is 6.79. The molecule has 1 N–H and O–H groups in total. The quantitative estimate of drug-likeness (QED) is 0.863. The SMILES string of the molecule is CN(C)Cc1cccc(NC(=O)C23CC4CC(C)(CC(C)(C4)C2)C3)c1. The molecule has 4 bridgehead atoms. The molecule has 136 valence electrons. The van der Waals surface area contributed by atoms with Crippen LogP contribution in [0.1, 0.15) is 57.9 Å². The lowest BCUT2D eigenvalue weighted by Gasteiger charge is -2.64. The number of rotatable bonds is 4. The summed E-state index contributed by atoms with van der Waals surface area (Å²) in [5.74, 6) is 1.02. The average Bonchev–Trinajstić information content (AvgIpc) is 2.42. The van der Waals surface area contributed by atoms with Crippen LogP contribution in [0, 0.1) is 22.2 Å². The molecule has 4 saturated carbocycles. The van der Waals surface area contributed by atoms with Crippen LogP contribution in [0.15, 0.2) is 24.3 Å². The van der Waals surface area contributed by atoms with Gasteiger partial charge in [-0.2, -0.15) is 0 Å². The maximum absolute atomic E-state index is 13.4. The van der Waals surface area contributed by atoms with E-state index in [0.717, 1.165) is 37.4 Å². The van der Waals surface area contributed by atoms with Crippen molar-refractivity contribution in [2.45, 2.75) is 58.9 Å². The first kappa shape index (κ1) is 17.1. The minimum Gasteiger partial charge on any atom is -0.326 e. The summed E-state index contributed by atoms with van der Waals surface area (Å²) >= 11 is 0. The zero-order chi connectivity index (χ0) is 17.9. The summed E-state index contributed by atoms with van der Waals surface area (Å²) in [4.78, 5) is 15.5. The molecule has 4 aliphatic carbocycles. The molecule has 1 aromatic rings. The second-order valence-electron chi connectivity index (χ2n) is 10.3. The van der Waals surface area contributed by atoms with E-state index in [1.54, 1.807) is 0 Å². The van der Waals surface area contributed by atoms with Crippen molar-refractivity contribution >= 4 is 11.6 Å². The predicted octanol–water partition coefficient (Wildman–Crippen LogP) is 4.68. The van der Waals surface area contributed by atoms with Crippen molar-refractivity contribution < 1.29 is 4.79 Å². The third kappa shape index (κ3) is 3.12. The first-order valence-corrected chi connectivity index (χ1v) is 9.75. The number of carbonyl (C=O) groups excluding carboxylic acids is 1. The standard InChI is InChI=1S/C22H32N2O/c1-20-9-17-10-21(2,13-20)15-22(11-17,14-20)19(25)23-18-7-5-6-16(8-18)12-24(3)4/h5-8,17H,9-15H2,1-4H3,(H,23,25). The molecule has 3 nitrogen and oxygen atoms in total. The second kappa shape index (κ2) is 5.57. The Kier molecular flexibility index (Phi) is 3.81. The zero-order valence-electron chi connectivity index (χ0n) is 16.2. The Balaban J connectivity index is 1.55. The van der Waals surface area contributed by atoms with E-state index >= 15 is 0 Å². The minimum atomic E-state index is -0.138. The molecule has 3 heteroatoms. The average molecular weight is 341 g/mol. The van der Waals surface area contributed by atoms with Crippen molar-refractivity contribution in [1.29, 1.82) is 0 Å². The van der Waals surface area contributed by atoms with E-state index in [1.807, 2.05) is 6.07 Å². The van der Waals surface area contributed by atoms with E-state index in [4.69, 9.17) is 0 Å². The molecule has 4 fully saturated rings. The second-order valence-corrected chi connectivity index (χ2v) is 10.3. The lowest BCUT2D eigenvalue weighted by atomic mass is 9.40. The van der Waals surface area contributed by atoms with E-state index in [9.17, 15) is 4.79 Å². The number of benzene rings is 1. The summed E-state index contributed by atoms with van der Waals surface area (Å²) in [5.41, 5.74) is 2.81. The van der Waals surface area contributed by atoms with Gasteiger partial charge in [0, 0.05) is 12.2 Å². The van der Waals surface area contributed by atoms with E-state index < -0.39 is 0 Å². The van der Waals surface area contributed by atoms with Gasteiger partial charge in [-0.25, -0.2) is 0 Å². The Hall–Kier alpha value is -1.35. The number of nitrogens with zero attached hydrogens (tertiary/aromatic N) is 1. The molecule has 0 saturated heterocycles. The fourth-order valence-corrected chi connectivity index (χ4v) is 7.08. The van der Waals surface area contributed by atoms with E-state index in [-0.39, 0.29) is 11.3 Å². The molecule has 4 aliphatic rings. The Bertz CT molecular complexity index is 677. The van der Waals surface area contributed by atoms with E-state index in [2.05, 4.69) is 56.4 Å². The first-order chi connectivity index (χ1) is 11.7. The van der Waals surface area contributed by atoms with E-state index in [0.29, 0.717) is 10.8 Å². The fraction of sp³-hybridized carbons (Fsp3) is 0.682. The van der Waals surface area contributed by atoms with Crippen molar-refractivity contribution in [1.82, 2.24) is 4.90 Å². The third-order valence-electron chi connectivity index (χ3n) is 6.79. The zero-order valence-corrected chi connectivity index (χ0v) is 16.2. The number of hydrogen-bond acceptors (Lipinski definition) is 2. The summed E-state index contributed by atoms with van der Waals surface area (Å²) in [6.07, 6.45) is 7.22. The van der Waals surface area contributed by atoms with Crippen LogP contribution in [-0.2, 0) is 11.3 Å². The van der Waals surface area contributed by atoms with Gasteiger partial charge < -0.3 is 10.2 Å². The monoisotopic (exact) mass is 340 g/mol. The summed E-state index contributed by atoms with van der Waals surface area (Å²) in [7, 11) is 4.14. The Morgan fingerprint density at radius 1 is 1.12 bits per heavy atom. The maximum atomic E-state index is 13.4. The topological polar surface area (TPSA) is 32.3 Å². The van der Waals surface area contributed by atoms with Crippen LogP contribution in [0.25, 0.3) is 0 Å². The highest BCUT2D eigenvalue weighted by Crippen LogP contribution is 2.69. The van der Waals surface area contributed by atoms with Crippen molar-refractivity contribution in [2.24, 2.45) is 22.2 Å². The van der Waals surface area contributed by atoms with Gasteiger partial charge in [-0.3, -0.25) is 4.79 Å². The van der Waals surface area contributed by atoms with Crippen LogP contribution < -0.4 is 5.32 Å². The molecule has 2 atom stereocenters. The highest BCUT2D eigenvalue weighted by Gasteiger charge is 2.62. The largest absolute Gasteiger partial charge is 0.326 e. The molecule has 0 aromatic heterocycles. The van der Waals surface area contributed by atoms with Gasteiger partial charge in [-0.1, -0.05) is 26.0 Å². The summed E-state index contributed by atoms with van der Waals surface area (Å²) in [6.45, 7) is 5.75. The van der Waals surface area contributed by atoms with Crippen LogP contribution in [0.3, 0.4) is 0 Å². The lowest BCUT2D eigenvalue weighted by molar-refractivity contribution is -0.165. The molecule has 0 spiro atoms. The van der Waals surface area contributed by atoms with Gasteiger partial charge in [0.25, 0.3) is 0 Å². The van der Waals surface area contributed by atoms with Crippen LogP contribution in [0.4, 0.5) is 5.69 Å². The summed E-state index contributed by atoms with van der Waals surface area (Å²) in [5, 5.41) is 3.29. The van der Waals surface area contributed by atoms with Gasteiger partial charge in [-0.05, 0) is 87.1 Å². The molecular formula is C22H32N2O. The minimum absolute atomic E-state index is 0.138. The number of anilines is 1. The van der Waals surface area contributed by atoms with Gasteiger partial charge in [0.15, 0.2) is 0 Å². The number of amides is 1. The predicted molar refractivity (Wildman–Crippen MR) is 102 cm³/mol. The van der Waals surface area contributed by atoms with Crippen LogP contribution >= 0.6 is 0 Å². The normalized spacial score (nSPS) is 39.0. The molecule has 0 heterocycles. The fourth-order valence-electron chi connectivity index (χ4n) is 7.08. The van der Waals surface area contributed by atoms with Crippen LogP contribution in [-0.4, -0.2) is 24.9 Å². The molecule has 5 rings (SSSR count). The number of nitrogens with one attached hydrogen (secondary N) is 1. The van der Waals surface area contributed by atoms with Crippen LogP contribution in [0.5, 0.6) is 0 Å². The van der Waals surface area contributed by atoms with Gasteiger partial charge >= 0.3 is 0 Å². The Morgan fingerprint density at radius 2 is 1.80 bits per heavy atom. The Morgan fingerprint density at radius 3 is 2.40 bits per heavy atom. The summed E-state index contributed by atoms with van der Waals surface area (Å²) in [6, 6.07) is 8.34. The smallest absolute Gasteiger partial charge is 0.230 e. The van der Waals surface area contributed by atoms with Crippen LogP contribution in [0.2, 0.25) is 0 Å². The molecule has 2 unspecified atom stereocenters. The number of hydrogen-bond donors (Lipinski definition) is 1. The van der Waals surface area contributed by atoms with E-state index in [1.165, 1.54) is 24.8 Å². The Labute approximate surface area is 152 Å². The molecule has 1 amide bonds. The summed E-state index contributed by atoms with van der Waals surface area (Å²) < 4.78 is 0. The molecule has 0 radical (unpaired) electrons. The van der Waals surface area contributed by atoms with Gasteiger partial charge in [0.05, 0.1) is 5.41 Å². The number of carbonyl (C=O) groups is 1. The highest BCUT2D eigenvalue weighted by atomic mass is 16.2. The van der Waals surface area contributed by atoms with Crippen molar-refractivity contribution in [2.75, 3.05) is 19.4 Å². The van der Waals surface area contributed by atoms with Gasteiger partial charge in [0.2, 0.25) is 5.91 Å². The molecule has 1 aromatic carbocycles. The first-order valence-electron chi connectivity index (χ1n) is 9.75. The lowest BCUT2D eigenvalue weighted by Crippen LogP contribution is -2.58. The van der Waals surface area contributed by atoms with Crippen molar-refractivity contribution in [3.05, 3.63) is 29.8 Å². The molecule has 0 aliphatic heterocycles. The van der Waals surface area contributed by atoms with Crippen molar-refractivity contribution in [3.8, 4) is 0 Å². The van der Waals surface area contributed by atoms with Gasteiger partial charge in [0.1, 0.15) is 0 Å².